The molecule has 0 radical (unpaired) electrons. The van der Waals surface area contributed by atoms with Gasteiger partial charge in [0.15, 0.2) is 0 Å². The summed E-state index contributed by atoms with van der Waals surface area (Å²) in [5.74, 6) is 0. The van der Waals surface area contributed by atoms with Crippen LogP contribution in [0.5, 0.6) is 0 Å². The molecule has 0 aliphatic carbocycles. The Balaban J connectivity index is 2.77. The van der Waals surface area contributed by atoms with Gasteiger partial charge >= 0.3 is 0 Å². The highest BCUT2D eigenvalue weighted by Crippen LogP contribution is 2.43. The van der Waals surface area contributed by atoms with Gasteiger partial charge in [0.2, 0.25) is 0 Å². The van der Waals surface area contributed by atoms with Crippen molar-refractivity contribution < 1.29 is 0 Å². The van der Waals surface area contributed by atoms with Crippen molar-refractivity contribution in [1.82, 2.24) is 0 Å². The van der Waals surface area contributed by atoms with Crippen LogP contribution >= 0.6 is 0 Å². The summed E-state index contributed by atoms with van der Waals surface area (Å²) in [5, 5.41) is 3.88. The van der Waals surface area contributed by atoms with E-state index in [0.717, 1.165) is 0 Å². The van der Waals surface area contributed by atoms with Crippen LogP contribution in [0.4, 0.5) is 11.4 Å². The van der Waals surface area contributed by atoms with Gasteiger partial charge in [-0.25, -0.2) is 0 Å². The molecule has 0 atom stereocenters. The van der Waals surface area contributed by atoms with Crippen molar-refractivity contribution in [1.29, 1.82) is 0 Å². The number of nitrogens with one attached hydrogen (secondary N) is 1. The minimum atomic E-state index is 0.0513. The van der Waals surface area contributed by atoms with Gasteiger partial charge in [-0.3, -0.25) is 0 Å². The zero-order valence-electron chi connectivity index (χ0n) is 21.0. The third-order valence-electron chi connectivity index (χ3n) is 5.51. The summed E-state index contributed by atoms with van der Waals surface area (Å²) < 4.78 is 0. The Bertz CT molecular complexity index is 786. The predicted molar refractivity (Wildman–Crippen MR) is 131 cm³/mol. The maximum atomic E-state index is 3.88. The summed E-state index contributed by atoms with van der Waals surface area (Å²) >= 11 is 0. The molecule has 0 heterocycles. The molecular formula is C28H43N. The summed E-state index contributed by atoms with van der Waals surface area (Å²) in [6.45, 7) is 27.8. The summed E-state index contributed by atoms with van der Waals surface area (Å²) in [6, 6.07) is 13.5. The molecule has 0 amide bonds. The van der Waals surface area contributed by atoms with E-state index in [1.54, 1.807) is 0 Å². The van der Waals surface area contributed by atoms with Crippen LogP contribution in [0.1, 0.15) is 105 Å². The Kier molecular flexibility index (Phi) is 6.07. The summed E-state index contributed by atoms with van der Waals surface area (Å²) in [6.07, 6.45) is 0. The fourth-order valence-electron chi connectivity index (χ4n) is 4.32. The van der Waals surface area contributed by atoms with Crippen LogP contribution in [-0.2, 0) is 21.7 Å². The van der Waals surface area contributed by atoms with Gasteiger partial charge in [-0.1, -0.05) is 107 Å². The SMILES string of the molecule is CC(C)(C)c1cccc(Nc2cccc(C(C)(C)C)c2C(C)(C)C)c1C(C)(C)C. The highest BCUT2D eigenvalue weighted by molar-refractivity contribution is 5.71. The molecule has 2 rings (SSSR count). The minimum Gasteiger partial charge on any atom is -0.355 e. The van der Waals surface area contributed by atoms with E-state index in [1.165, 1.54) is 33.6 Å². The third kappa shape index (κ3) is 5.24. The molecule has 0 aliphatic rings. The molecule has 0 unspecified atom stereocenters. The average Bonchev–Trinajstić information content (AvgIpc) is 2.50. The van der Waals surface area contributed by atoms with E-state index in [4.69, 9.17) is 0 Å². The fourth-order valence-corrected chi connectivity index (χ4v) is 4.32. The Morgan fingerprint density at radius 3 is 1.00 bits per heavy atom. The molecule has 1 N–H and O–H groups in total. The van der Waals surface area contributed by atoms with E-state index >= 15 is 0 Å². The van der Waals surface area contributed by atoms with Crippen molar-refractivity contribution in [3.63, 3.8) is 0 Å². The molecule has 0 aliphatic heterocycles. The first-order chi connectivity index (χ1) is 12.9. The zero-order chi connectivity index (χ0) is 22.4. The summed E-state index contributed by atoms with van der Waals surface area (Å²) in [5.41, 5.74) is 8.40. The van der Waals surface area contributed by atoms with Gasteiger partial charge in [-0.05, 0) is 56.0 Å². The van der Waals surface area contributed by atoms with Crippen molar-refractivity contribution in [2.24, 2.45) is 0 Å². The Morgan fingerprint density at radius 1 is 0.448 bits per heavy atom. The molecule has 0 bridgehead atoms. The first kappa shape index (κ1) is 23.5. The van der Waals surface area contributed by atoms with Gasteiger partial charge < -0.3 is 5.32 Å². The lowest BCUT2D eigenvalue weighted by molar-refractivity contribution is 0.529. The second-order valence-corrected chi connectivity index (χ2v) is 12.6. The van der Waals surface area contributed by atoms with Crippen molar-refractivity contribution in [3.05, 3.63) is 58.7 Å². The normalized spacial score (nSPS) is 13.5. The van der Waals surface area contributed by atoms with Crippen molar-refractivity contribution in [3.8, 4) is 0 Å². The van der Waals surface area contributed by atoms with Gasteiger partial charge in [0.05, 0.1) is 0 Å². The maximum Gasteiger partial charge on any atom is 0.0425 e. The molecule has 1 nitrogen and oxygen atoms in total. The number of hydrogen-bond acceptors (Lipinski definition) is 1. The van der Waals surface area contributed by atoms with Gasteiger partial charge in [-0.2, -0.15) is 0 Å². The maximum absolute atomic E-state index is 3.88. The Hall–Kier alpha value is -1.76. The summed E-state index contributed by atoms with van der Waals surface area (Å²) in [7, 11) is 0. The van der Waals surface area contributed by atoms with E-state index in [1.807, 2.05) is 0 Å². The van der Waals surface area contributed by atoms with E-state index in [-0.39, 0.29) is 21.7 Å². The number of benzene rings is 2. The zero-order valence-corrected chi connectivity index (χ0v) is 21.0. The average molecular weight is 394 g/mol. The van der Waals surface area contributed by atoms with Gasteiger partial charge in [0.1, 0.15) is 0 Å². The minimum absolute atomic E-state index is 0.0513. The standard InChI is InChI=1S/C28H43N/c1-25(2,3)19-15-13-17-21(23(19)27(7,8)9)29-22-18-14-16-20(26(4,5)6)24(22)28(10,11)12/h13-18,29H,1-12H3. The Labute approximate surface area is 180 Å². The van der Waals surface area contributed by atoms with Crippen LogP contribution in [0.2, 0.25) is 0 Å². The van der Waals surface area contributed by atoms with Crippen molar-refractivity contribution >= 4 is 11.4 Å². The quantitative estimate of drug-likeness (QED) is 0.538. The van der Waals surface area contributed by atoms with Crippen LogP contribution in [0.3, 0.4) is 0 Å². The molecular weight excluding hydrogens is 350 g/mol. The first-order valence-corrected chi connectivity index (χ1v) is 11.0. The van der Waals surface area contributed by atoms with E-state index in [2.05, 4.69) is 125 Å². The Morgan fingerprint density at radius 2 is 0.759 bits per heavy atom. The van der Waals surface area contributed by atoms with E-state index in [9.17, 15) is 0 Å². The lowest BCUT2D eigenvalue weighted by Crippen LogP contribution is -2.25. The van der Waals surface area contributed by atoms with Gasteiger partial charge in [0, 0.05) is 11.4 Å². The molecule has 2 aromatic rings. The second kappa shape index (κ2) is 7.49. The summed E-state index contributed by atoms with van der Waals surface area (Å²) in [4.78, 5) is 0. The van der Waals surface area contributed by atoms with E-state index < -0.39 is 0 Å². The van der Waals surface area contributed by atoms with Crippen molar-refractivity contribution in [2.75, 3.05) is 5.32 Å². The molecule has 0 spiro atoms. The lowest BCUT2D eigenvalue weighted by Gasteiger charge is -2.35. The largest absolute Gasteiger partial charge is 0.355 e. The van der Waals surface area contributed by atoms with Crippen LogP contribution in [0.25, 0.3) is 0 Å². The van der Waals surface area contributed by atoms with Crippen molar-refractivity contribution in [2.45, 2.75) is 105 Å². The van der Waals surface area contributed by atoms with E-state index in [0.29, 0.717) is 0 Å². The highest BCUT2D eigenvalue weighted by atomic mass is 14.9. The van der Waals surface area contributed by atoms with Crippen LogP contribution in [-0.4, -0.2) is 0 Å². The number of anilines is 2. The molecule has 0 saturated carbocycles. The van der Waals surface area contributed by atoms with Crippen LogP contribution in [0.15, 0.2) is 36.4 Å². The topological polar surface area (TPSA) is 12.0 Å². The van der Waals surface area contributed by atoms with Gasteiger partial charge in [0.25, 0.3) is 0 Å². The lowest BCUT2D eigenvalue weighted by atomic mass is 9.73. The molecule has 0 fully saturated rings. The fraction of sp³-hybridized carbons (Fsp3) is 0.571. The second-order valence-electron chi connectivity index (χ2n) is 12.6. The molecule has 1 heteroatoms. The molecule has 0 aromatic heterocycles. The first-order valence-electron chi connectivity index (χ1n) is 11.0. The van der Waals surface area contributed by atoms with Gasteiger partial charge in [-0.15, -0.1) is 0 Å². The molecule has 0 saturated heterocycles. The smallest absolute Gasteiger partial charge is 0.0425 e. The number of hydrogen-bond donors (Lipinski definition) is 1. The predicted octanol–water partition coefficient (Wildman–Crippen LogP) is 8.62. The third-order valence-corrected chi connectivity index (χ3v) is 5.51. The monoisotopic (exact) mass is 393 g/mol. The molecule has 29 heavy (non-hydrogen) atoms. The van der Waals surface area contributed by atoms with Crippen LogP contribution in [0, 0.1) is 0 Å². The number of rotatable bonds is 2. The highest BCUT2D eigenvalue weighted by Gasteiger charge is 2.30. The molecule has 2 aromatic carbocycles. The van der Waals surface area contributed by atoms with Crippen LogP contribution < -0.4 is 5.32 Å². The molecule has 160 valence electrons.